The van der Waals surface area contributed by atoms with E-state index in [2.05, 4.69) is 0 Å². The van der Waals surface area contributed by atoms with Crippen LogP contribution in [-0.2, 0) is 22.6 Å². The van der Waals surface area contributed by atoms with Gasteiger partial charge in [0.15, 0.2) is 6.61 Å². The number of carboxylic acids is 1. The van der Waals surface area contributed by atoms with Crippen molar-refractivity contribution in [2.75, 3.05) is 6.61 Å². The van der Waals surface area contributed by atoms with E-state index in [1.54, 1.807) is 35.6 Å². The number of piperidine rings is 1. The second-order valence-electron chi connectivity index (χ2n) is 7.05. The fourth-order valence-corrected chi connectivity index (χ4v) is 4.14. The summed E-state index contributed by atoms with van der Waals surface area (Å²) in [5, 5.41) is 21.0. The minimum absolute atomic E-state index is 0.0715. The second kappa shape index (κ2) is 10.2. The number of aliphatic hydroxyl groups excluding tert-OH is 1. The van der Waals surface area contributed by atoms with Crippen LogP contribution in [0, 0.1) is 0 Å². The van der Waals surface area contributed by atoms with Crippen LogP contribution >= 0.6 is 11.3 Å². The molecule has 2 aromatic rings. The molecular weight excluding hydrogens is 390 g/mol. The van der Waals surface area contributed by atoms with E-state index < -0.39 is 18.7 Å². The quantitative estimate of drug-likeness (QED) is 0.614. The molecule has 7 heteroatoms. The Hall–Kier alpha value is -2.64. The summed E-state index contributed by atoms with van der Waals surface area (Å²) in [5.74, 6) is -0.490. The van der Waals surface area contributed by atoms with Crippen LogP contribution in [0.15, 0.2) is 53.9 Å². The van der Waals surface area contributed by atoms with E-state index in [1.807, 2.05) is 34.6 Å². The lowest BCUT2D eigenvalue weighted by Crippen LogP contribution is -2.42. The summed E-state index contributed by atoms with van der Waals surface area (Å²) in [7, 11) is 0. The van der Waals surface area contributed by atoms with Gasteiger partial charge in [0.25, 0.3) is 0 Å². The molecule has 2 atom stereocenters. The number of carboxylic acid groups (broad SMARTS) is 1. The van der Waals surface area contributed by atoms with E-state index >= 15 is 0 Å². The van der Waals surface area contributed by atoms with Crippen LogP contribution < -0.4 is 4.74 Å². The maximum absolute atomic E-state index is 12.5. The van der Waals surface area contributed by atoms with Gasteiger partial charge in [0.2, 0.25) is 5.91 Å². The third kappa shape index (κ3) is 6.44. The molecule has 1 aromatic heterocycles. The number of likely N-dealkylation sites (tertiary alicyclic amines) is 1. The molecular formula is C22H25NO5S. The topological polar surface area (TPSA) is 87.1 Å². The first-order valence-electron chi connectivity index (χ1n) is 9.63. The number of carbonyl (C=O) groups is 2. The van der Waals surface area contributed by atoms with Gasteiger partial charge in [0, 0.05) is 24.3 Å². The number of amides is 1. The molecule has 6 nitrogen and oxygen atoms in total. The van der Waals surface area contributed by atoms with Gasteiger partial charge in [-0.2, -0.15) is 0 Å². The van der Waals surface area contributed by atoms with E-state index in [4.69, 9.17) is 9.84 Å². The maximum Gasteiger partial charge on any atom is 0.341 e. The lowest BCUT2D eigenvalue weighted by Gasteiger charge is -2.34. The Morgan fingerprint density at radius 2 is 2.21 bits per heavy atom. The van der Waals surface area contributed by atoms with Gasteiger partial charge in [-0.25, -0.2) is 4.79 Å². The largest absolute Gasteiger partial charge is 0.482 e. The smallest absolute Gasteiger partial charge is 0.341 e. The van der Waals surface area contributed by atoms with Crippen molar-refractivity contribution in [2.24, 2.45) is 0 Å². The zero-order valence-corrected chi connectivity index (χ0v) is 16.9. The van der Waals surface area contributed by atoms with Gasteiger partial charge in [-0.15, -0.1) is 11.3 Å². The normalized spacial score (nSPS) is 18.2. The number of aliphatic hydroxyl groups is 1. The molecule has 1 aromatic carbocycles. The van der Waals surface area contributed by atoms with Crippen molar-refractivity contribution in [3.63, 3.8) is 0 Å². The highest BCUT2D eigenvalue weighted by molar-refractivity contribution is 7.09. The minimum atomic E-state index is -1.03. The lowest BCUT2D eigenvalue weighted by atomic mass is 9.99. The Bertz CT molecular complexity index is 849. The molecule has 1 fully saturated rings. The molecule has 2 N–H and O–H groups in total. The summed E-state index contributed by atoms with van der Waals surface area (Å²) in [6.45, 7) is 0.0126. The average Bonchev–Trinajstić information content (AvgIpc) is 3.20. The van der Waals surface area contributed by atoms with Gasteiger partial charge in [-0.1, -0.05) is 30.4 Å². The number of benzene rings is 1. The van der Waals surface area contributed by atoms with Gasteiger partial charge < -0.3 is 19.8 Å². The molecule has 0 aliphatic carbocycles. The zero-order chi connectivity index (χ0) is 20.6. The standard InChI is InChI=1S/C22H25NO5S/c24-18(13-20-7-3-11-29-20)10-9-17-5-2-8-21(25)23(17)14-16-4-1-6-19(12-16)28-15-22(26)27/h1,3-4,6-7,9-12,17-18,24H,2,5,8,13-15H2,(H,26,27)/b10-9+/t17-,18?/m1/s1. The summed E-state index contributed by atoms with van der Waals surface area (Å²) < 4.78 is 5.23. The van der Waals surface area contributed by atoms with Crippen LogP contribution in [0.2, 0.25) is 0 Å². The number of thiophene rings is 1. The number of hydrogen-bond acceptors (Lipinski definition) is 5. The van der Waals surface area contributed by atoms with Crippen molar-refractivity contribution in [1.82, 2.24) is 4.90 Å². The van der Waals surface area contributed by atoms with E-state index in [1.165, 1.54) is 0 Å². The van der Waals surface area contributed by atoms with Crippen molar-refractivity contribution < 1.29 is 24.5 Å². The highest BCUT2D eigenvalue weighted by atomic mass is 32.1. The zero-order valence-electron chi connectivity index (χ0n) is 16.1. The van der Waals surface area contributed by atoms with Crippen molar-refractivity contribution >= 4 is 23.2 Å². The molecule has 154 valence electrons. The Labute approximate surface area is 174 Å². The summed E-state index contributed by atoms with van der Waals surface area (Å²) in [4.78, 5) is 26.1. The lowest BCUT2D eigenvalue weighted by molar-refractivity contribution is -0.139. The Balaban J connectivity index is 1.65. The summed E-state index contributed by atoms with van der Waals surface area (Å²) >= 11 is 1.62. The first-order chi connectivity index (χ1) is 14.0. The number of rotatable bonds is 9. The van der Waals surface area contributed by atoms with Crippen LogP contribution in [0.25, 0.3) is 0 Å². The molecule has 0 spiro atoms. The number of ether oxygens (including phenoxy) is 1. The summed E-state index contributed by atoms with van der Waals surface area (Å²) in [5.41, 5.74) is 0.876. The van der Waals surface area contributed by atoms with Crippen LogP contribution in [0.5, 0.6) is 5.75 Å². The van der Waals surface area contributed by atoms with Crippen LogP contribution in [0.3, 0.4) is 0 Å². The molecule has 29 heavy (non-hydrogen) atoms. The molecule has 0 radical (unpaired) electrons. The molecule has 0 saturated carbocycles. The first kappa shape index (κ1) is 21.1. The monoisotopic (exact) mass is 415 g/mol. The predicted molar refractivity (Wildman–Crippen MR) is 111 cm³/mol. The molecule has 1 amide bonds. The number of nitrogens with zero attached hydrogens (tertiary/aromatic N) is 1. The minimum Gasteiger partial charge on any atom is -0.482 e. The average molecular weight is 416 g/mol. The molecule has 3 rings (SSSR count). The molecule has 0 bridgehead atoms. The third-order valence-corrected chi connectivity index (χ3v) is 5.67. The number of hydrogen-bond donors (Lipinski definition) is 2. The van der Waals surface area contributed by atoms with Crippen LogP contribution in [0.4, 0.5) is 0 Å². The molecule has 2 heterocycles. The van der Waals surface area contributed by atoms with Gasteiger partial charge in [0.1, 0.15) is 5.75 Å². The maximum atomic E-state index is 12.5. The SMILES string of the molecule is O=C(O)COc1cccc(CN2C(=O)CCC[C@@H]2/C=C/C(O)Cc2cccs2)c1. The summed E-state index contributed by atoms with van der Waals surface area (Å²) in [6, 6.07) is 11.0. The summed E-state index contributed by atoms with van der Waals surface area (Å²) in [6.07, 6.45) is 5.88. The Morgan fingerprint density at radius 3 is 2.97 bits per heavy atom. The molecule has 1 unspecified atom stereocenters. The molecule has 1 aliphatic heterocycles. The Kier molecular flexibility index (Phi) is 7.43. The molecule has 1 saturated heterocycles. The first-order valence-corrected chi connectivity index (χ1v) is 10.5. The van der Waals surface area contributed by atoms with Crippen molar-refractivity contribution in [3.05, 3.63) is 64.4 Å². The van der Waals surface area contributed by atoms with Crippen LogP contribution in [0.1, 0.15) is 29.7 Å². The van der Waals surface area contributed by atoms with E-state index in [-0.39, 0.29) is 11.9 Å². The van der Waals surface area contributed by atoms with Crippen molar-refractivity contribution in [3.8, 4) is 5.75 Å². The van der Waals surface area contributed by atoms with E-state index in [9.17, 15) is 14.7 Å². The number of carbonyl (C=O) groups excluding carboxylic acids is 1. The van der Waals surface area contributed by atoms with Crippen molar-refractivity contribution in [2.45, 2.75) is 44.4 Å². The highest BCUT2D eigenvalue weighted by Gasteiger charge is 2.26. The van der Waals surface area contributed by atoms with Gasteiger partial charge in [0.05, 0.1) is 12.1 Å². The number of aliphatic carboxylic acids is 1. The Morgan fingerprint density at radius 1 is 1.34 bits per heavy atom. The second-order valence-corrected chi connectivity index (χ2v) is 8.08. The molecule has 1 aliphatic rings. The van der Waals surface area contributed by atoms with Crippen molar-refractivity contribution in [1.29, 1.82) is 0 Å². The fraction of sp³-hybridized carbons (Fsp3) is 0.364. The van der Waals surface area contributed by atoms with Gasteiger partial charge >= 0.3 is 5.97 Å². The third-order valence-electron chi connectivity index (χ3n) is 4.77. The predicted octanol–water partition coefficient (Wildman–Crippen LogP) is 3.25. The highest BCUT2D eigenvalue weighted by Crippen LogP contribution is 2.24. The van der Waals surface area contributed by atoms with Gasteiger partial charge in [-0.3, -0.25) is 4.79 Å². The fourth-order valence-electron chi connectivity index (χ4n) is 3.39. The van der Waals surface area contributed by atoms with E-state index in [0.29, 0.717) is 25.1 Å². The van der Waals surface area contributed by atoms with Crippen LogP contribution in [-0.4, -0.2) is 45.7 Å². The van der Waals surface area contributed by atoms with Gasteiger partial charge in [-0.05, 0) is 42.0 Å². The van der Waals surface area contributed by atoms with E-state index in [0.717, 1.165) is 23.3 Å².